The quantitative estimate of drug-likeness (QED) is 0.270. The van der Waals surface area contributed by atoms with E-state index < -0.39 is 5.91 Å². The van der Waals surface area contributed by atoms with Gasteiger partial charge in [0.1, 0.15) is 5.71 Å². The van der Waals surface area contributed by atoms with Crippen molar-refractivity contribution in [2.75, 3.05) is 0 Å². The first-order chi connectivity index (χ1) is 5.22. The summed E-state index contributed by atoms with van der Waals surface area (Å²) in [5.41, 5.74) is 4.97. The fourth-order valence-electron chi connectivity index (χ4n) is 0.765. The SMILES string of the molecule is CCCCC/C(=N/O)C(N)=O. The van der Waals surface area contributed by atoms with Crippen LogP contribution >= 0.6 is 0 Å². The van der Waals surface area contributed by atoms with Crippen LogP contribution in [0.5, 0.6) is 0 Å². The number of primary amides is 1. The number of hydrogen-bond donors (Lipinski definition) is 2. The number of rotatable bonds is 5. The molecular formula is C7H14N2O2. The van der Waals surface area contributed by atoms with E-state index in [-0.39, 0.29) is 5.71 Å². The van der Waals surface area contributed by atoms with Crippen LogP contribution in [0, 0.1) is 0 Å². The van der Waals surface area contributed by atoms with Gasteiger partial charge < -0.3 is 10.9 Å². The minimum Gasteiger partial charge on any atom is -0.410 e. The van der Waals surface area contributed by atoms with Crippen LogP contribution in [0.15, 0.2) is 5.16 Å². The maximum Gasteiger partial charge on any atom is 0.266 e. The van der Waals surface area contributed by atoms with Gasteiger partial charge in [0.15, 0.2) is 0 Å². The number of oxime groups is 1. The Morgan fingerprint density at radius 1 is 1.55 bits per heavy atom. The standard InChI is InChI=1S/C7H14N2O2/c1-2-3-4-5-6(9-11)7(8)10/h11H,2-5H2,1H3,(H2,8,10)/b9-6-. The van der Waals surface area contributed by atoms with Gasteiger partial charge in [-0.25, -0.2) is 0 Å². The molecule has 0 aliphatic rings. The lowest BCUT2D eigenvalue weighted by Crippen LogP contribution is -2.23. The summed E-state index contributed by atoms with van der Waals surface area (Å²) in [4.78, 5) is 10.5. The summed E-state index contributed by atoms with van der Waals surface area (Å²) in [7, 11) is 0. The van der Waals surface area contributed by atoms with E-state index >= 15 is 0 Å². The maximum absolute atomic E-state index is 10.5. The summed E-state index contributed by atoms with van der Waals surface area (Å²) in [5, 5.41) is 11.1. The van der Waals surface area contributed by atoms with Crippen LogP contribution in [-0.2, 0) is 4.79 Å². The van der Waals surface area contributed by atoms with E-state index in [0.717, 1.165) is 19.3 Å². The van der Waals surface area contributed by atoms with Gasteiger partial charge in [-0.15, -0.1) is 0 Å². The third-order valence-electron chi connectivity index (χ3n) is 1.42. The predicted octanol–water partition coefficient (Wildman–Crippen LogP) is 0.882. The van der Waals surface area contributed by atoms with Gasteiger partial charge in [0.2, 0.25) is 0 Å². The highest BCUT2D eigenvalue weighted by Gasteiger charge is 2.05. The molecule has 11 heavy (non-hydrogen) atoms. The molecule has 4 heteroatoms. The first-order valence-electron chi connectivity index (χ1n) is 3.73. The lowest BCUT2D eigenvalue weighted by Gasteiger charge is -1.97. The Balaban J connectivity index is 3.63. The molecule has 0 aliphatic carbocycles. The molecule has 3 N–H and O–H groups in total. The minimum absolute atomic E-state index is 0.0680. The maximum atomic E-state index is 10.5. The van der Waals surface area contributed by atoms with E-state index in [1.807, 2.05) is 0 Å². The van der Waals surface area contributed by atoms with Gasteiger partial charge in [-0.05, 0) is 12.8 Å². The molecule has 4 nitrogen and oxygen atoms in total. The summed E-state index contributed by atoms with van der Waals surface area (Å²) in [6.07, 6.45) is 3.41. The van der Waals surface area contributed by atoms with Crippen molar-refractivity contribution in [1.82, 2.24) is 0 Å². The lowest BCUT2D eigenvalue weighted by molar-refractivity contribution is -0.112. The zero-order valence-corrected chi connectivity index (χ0v) is 6.71. The molecule has 0 aromatic heterocycles. The van der Waals surface area contributed by atoms with Gasteiger partial charge in [-0.1, -0.05) is 24.9 Å². The smallest absolute Gasteiger partial charge is 0.266 e. The molecule has 0 bridgehead atoms. The fourth-order valence-corrected chi connectivity index (χ4v) is 0.765. The topological polar surface area (TPSA) is 75.7 Å². The van der Waals surface area contributed by atoms with Crippen LogP contribution in [-0.4, -0.2) is 16.8 Å². The lowest BCUT2D eigenvalue weighted by atomic mass is 10.1. The van der Waals surface area contributed by atoms with Gasteiger partial charge in [-0.3, -0.25) is 4.79 Å². The van der Waals surface area contributed by atoms with Crippen molar-refractivity contribution in [3.63, 3.8) is 0 Å². The first kappa shape index (κ1) is 9.94. The summed E-state index contributed by atoms with van der Waals surface area (Å²) < 4.78 is 0. The van der Waals surface area contributed by atoms with Crippen LogP contribution in [0.1, 0.15) is 32.6 Å². The molecule has 0 fully saturated rings. The largest absolute Gasteiger partial charge is 0.410 e. The van der Waals surface area contributed by atoms with Crippen LogP contribution in [0.2, 0.25) is 0 Å². The third-order valence-corrected chi connectivity index (χ3v) is 1.42. The van der Waals surface area contributed by atoms with E-state index in [9.17, 15) is 4.79 Å². The van der Waals surface area contributed by atoms with Crippen molar-refractivity contribution in [3.8, 4) is 0 Å². The number of amides is 1. The number of unbranched alkanes of at least 4 members (excludes halogenated alkanes) is 2. The Labute approximate surface area is 66.1 Å². The van der Waals surface area contributed by atoms with E-state index in [4.69, 9.17) is 10.9 Å². The highest BCUT2D eigenvalue weighted by atomic mass is 16.4. The molecule has 0 aromatic rings. The normalized spacial score (nSPS) is 11.5. The average molecular weight is 158 g/mol. The molecule has 64 valence electrons. The van der Waals surface area contributed by atoms with Crippen LogP contribution in [0.3, 0.4) is 0 Å². The molecule has 0 radical (unpaired) electrons. The van der Waals surface area contributed by atoms with Crippen molar-refractivity contribution in [3.05, 3.63) is 0 Å². The zero-order chi connectivity index (χ0) is 8.69. The van der Waals surface area contributed by atoms with Gasteiger partial charge in [-0.2, -0.15) is 0 Å². The molecule has 0 rings (SSSR count). The Bertz CT molecular complexity index is 155. The second-order valence-corrected chi connectivity index (χ2v) is 2.37. The van der Waals surface area contributed by atoms with E-state index in [2.05, 4.69) is 12.1 Å². The first-order valence-corrected chi connectivity index (χ1v) is 3.73. The minimum atomic E-state index is -0.636. The zero-order valence-electron chi connectivity index (χ0n) is 6.71. The fraction of sp³-hybridized carbons (Fsp3) is 0.714. The van der Waals surface area contributed by atoms with E-state index in [1.165, 1.54) is 0 Å². The molecule has 1 amide bonds. The molecule has 0 aromatic carbocycles. The van der Waals surface area contributed by atoms with Crippen LogP contribution < -0.4 is 5.73 Å². The van der Waals surface area contributed by atoms with Crippen LogP contribution in [0.4, 0.5) is 0 Å². The van der Waals surface area contributed by atoms with Crippen molar-refractivity contribution in [1.29, 1.82) is 0 Å². The molecule has 0 heterocycles. The Kier molecular flexibility index (Phi) is 5.15. The van der Waals surface area contributed by atoms with Crippen molar-refractivity contribution in [2.24, 2.45) is 10.9 Å². The monoisotopic (exact) mass is 158 g/mol. The average Bonchev–Trinajstić information content (AvgIpc) is 1.97. The molecule has 0 aliphatic heterocycles. The summed E-state index contributed by atoms with van der Waals surface area (Å²) in [6.45, 7) is 2.06. The summed E-state index contributed by atoms with van der Waals surface area (Å²) in [6, 6.07) is 0. The highest BCUT2D eigenvalue weighted by molar-refractivity contribution is 6.38. The molecular weight excluding hydrogens is 144 g/mol. The number of nitrogens with zero attached hydrogens (tertiary/aromatic N) is 1. The number of nitrogens with two attached hydrogens (primary N) is 1. The van der Waals surface area contributed by atoms with Crippen molar-refractivity contribution >= 4 is 11.6 Å². The van der Waals surface area contributed by atoms with Gasteiger partial charge in [0.05, 0.1) is 0 Å². The highest BCUT2D eigenvalue weighted by Crippen LogP contribution is 2.00. The Morgan fingerprint density at radius 3 is 2.55 bits per heavy atom. The Hall–Kier alpha value is -1.06. The van der Waals surface area contributed by atoms with Gasteiger partial charge in [0, 0.05) is 0 Å². The second-order valence-electron chi connectivity index (χ2n) is 2.37. The molecule has 0 unspecified atom stereocenters. The second kappa shape index (κ2) is 5.70. The van der Waals surface area contributed by atoms with E-state index in [0.29, 0.717) is 6.42 Å². The van der Waals surface area contributed by atoms with E-state index in [1.54, 1.807) is 0 Å². The number of hydrogen-bond acceptors (Lipinski definition) is 3. The Morgan fingerprint density at radius 2 is 2.18 bits per heavy atom. The van der Waals surface area contributed by atoms with Crippen LogP contribution in [0.25, 0.3) is 0 Å². The predicted molar refractivity (Wildman–Crippen MR) is 42.6 cm³/mol. The number of carbonyl (C=O) groups is 1. The summed E-state index contributed by atoms with van der Waals surface area (Å²) >= 11 is 0. The van der Waals surface area contributed by atoms with Gasteiger partial charge >= 0.3 is 0 Å². The van der Waals surface area contributed by atoms with Crippen molar-refractivity contribution in [2.45, 2.75) is 32.6 Å². The third kappa shape index (κ3) is 4.36. The molecule has 0 saturated carbocycles. The molecule has 0 atom stereocenters. The molecule has 0 saturated heterocycles. The van der Waals surface area contributed by atoms with Gasteiger partial charge in [0.25, 0.3) is 5.91 Å². The number of carbonyl (C=O) groups excluding carboxylic acids is 1. The summed E-state index contributed by atoms with van der Waals surface area (Å²) in [5.74, 6) is -0.636. The molecule has 0 spiro atoms. The van der Waals surface area contributed by atoms with Crippen molar-refractivity contribution < 1.29 is 10.0 Å².